The summed E-state index contributed by atoms with van der Waals surface area (Å²) in [6.45, 7) is 0. The molecule has 1 N–H and O–H groups in total. The average molecular weight is 392 g/mol. The van der Waals surface area contributed by atoms with E-state index in [4.69, 9.17) is 9.57 Å². The Bertz CT molecular complexity index is 908. The number of hydrogen-bond donors (Lipinski definition) is 1. The SMILES string of the molecule is CNC(=O)c1ccc2c(c1)N(OC)C(c1ccc(C(F)(F)F)cc1)C=C2OC. The number of benzene rings is 2. The third-order valence-electron chi connectivity index (χ3n) is 4.55. The minimum Gasteiger partial charge on any atom is -0.496 e. The van der Waals surface area contributed by atoms with E-state index >= 15 is 0 Å². The molecule has 2 aromatic rings. The van der Waals surface area contributed by atoms with Gasteiger partial charge in [0.05, 0.1) is 25.5 Å². The van der Waals surface area contributed by atoms with Gasteiger partial charge in [-0.15, -0.1) is 0 Å². The summed E-state index contributed by atoms with van der Waals surface area (Å²) in [5.74, 6) is 0.273. The lowest BCUT2D eigenvalue weighted by Gasteiger charge is -2.35. The van der Waals surface area contributed by atoms with Gasteiger partial charge < -0.3 is 10.1 Å². The normalized spacial score (nSPS) is 16.3. The van der Waals surface area contributed by atoms with Crippen LogP contribution in [0.3, 0.4) is 0 Å². The molecule has 1 heterocycles. The molecule has 1 unspecified atom stereocenters. The lowest BCUT2D eigenvalue weighted by molar-refractivity contribution is -0.137. The fraction of sp³-hybridized carbons (Fsp3) is 0.250. The van der Waals surface area contributed by atoms with E-state index in [9.17, 15) is 18.0 Å². The summed E-state index contributed by atoms with van der Waals surface area (Å²) in [7, 11) is 4.50. The summed E-state index contributed by atoms with van der Waals surface area (Å²) < 4.78 is 44.1. The Hall–Kier alpha value is -3.00. The maximum Gasteiger partial charge on any atom is 0.416 e. The van der Waals surface area contributed by atoms with Gasteiger partial charge in [-0.2, -0.15) is 13.2 Å². The number of halogens is 3. The minimum atomic E-state index is -4.41. The van der Waals surface area contributed by atoms with Gasteiger partial charge in [-0.3, -0.25) is 9.63 Å². The van der Waals surface area contributed by atoms with Crippen molar-refractivity contribution in [3.63, 3.8) is 0 Å². The van der Waals surface area contributed by atoms with Crippen LogP contribution in [0.25, 0.3) is 5.76 Å². The number of hydroxylamine groups is 1. The maximum atomic E-state index is 12.9. The molecule has 0 aromatic heterocycles. The Balaban J connectivity index is 2.08. The number of fused-ring (bicyclic) bond motifs is 1. The van der Waals surface area contributed by atoms with Gasteiger partial charge in [-0.25, -0.2) is 5.06 Å². The lowest BCUT2D eigenvalue weighted by atomic mass is 9.96. The molecule has 8 heteroatoms. The van der Waals surface area contributed by atoms with Gasteiger partial charge in [0.25, 0.3) is 5.91 Å². The van der Waals surface area contributed by atoms with E-state index in [1.54, 1.807) is 24.3 Å². The summed E-state index contributed by atoms with van der Waals surface area (Å²) in [6, 6.07) is 9.38. The van der Waals surface area contributed by atoms with E-state index in [-0.39, 0.29) is 5.91 Å². The van der Waals surface area contributed by atoms with Crippen LogP contribution in [0.1, 0.15) is 33.1 Å². The molecule has 1 atom stereocenters. The van der Waals surface area contributed by atoms with Crippen molar-refractivity contribution in [3.05, 3.63) is 70.8 Å². The second kappa shape index (κ2) is 7.55. The molecule has 3 rings (SSSR count). The Kier molecular flexibility index (Phi) is 5.33. The molecule has 2 aromatic carbocycles. The Labute approximate surface area is 160 Å². The quantitative estimate of drug-likeness (QED) is 0.848. The number of ether oxygens (including phenoxy) is 1. The van der Waals surface area contributed by atoms with Crippen LogP contribution in [0.4, 0.5) is 18.9 Å². The summed E-state index contributed by atoms with van der Waals surface area (Å²) in [6.07, 6.45) is -2.65. The predicted molar refractivity (Wildman–Crippen MR) is 98.5 cm³/mol. The van der Waals surface area contributed by atoms with Crippen LogP contribution in [0, 0.1) is 0 Å². The molecule has 0 radical (unpaired) electrons. The van der Waals surface area contributed by atoms with Gasteiger partial charge in [0, 0.05) is 18.2 Å². The highest BCUT2D eigenvalue weighted by Crippen LogP contribution is 2.41. The van der Waals surface area contributed by atoms with Gasteiger partial charge in [-0.05, 0) is 42.0 Å². The lowest BCUT2D eigenvalue weighted by Crippen LogP contribution is -2.31. The van der Waals surface area contributed by atoms with Crippen LogP contribution in [-0.4, -0.2) is 27.2 Å². The molecule has 0 fully saturated rings. The molecule has 0 saturated carbocycles. The molecule has 1 amide bonds. The first-order chi connectivity index (χ1) is 13.3. The number of amides is 1. The smallest absolute Gasteiger partial charge is 0.416 e. The zero-order valence-corrected chi connectivity index (χ0v) is 15.5. The van der Waals surface area contributed by atoms with Gasteiger partial charge >= 0.3 is 6.18 Å². The molecule has 5 nitrogen and oxygen atoms in total. The van der Waals surface area contributed by atoms with Crippen LogP contribution in [0.2, 0.25) is 0 Å². The van der Waals surface area contributed by atoms with E-state index in [1.165, 1.54) is 38.5 Å². The minimum absolute atomic E-state index is 0.265. The van der Waals surface area contributed by atoms with Gasteiger partial charge in [0.15, 0.2) is 0 Å². The number of carbonyl (C=O) groups excluding carboxylic acids is 1. The second-order valence-corrected chi connectivity index (χ2v) is 6.12. The van der Waals surface area contributed by atoms with Crippen molar-refractivity contribution in [2.75, 3.05) is 26.3 Å². The molecular formula is C20H19F3N2O3. The molecule has 148 valence electrons. The number of alkyl halides is 3. The topological polar surface area (TPSA) is 50.8 Å². The highest BCUT2D eigenvalue weighted by molar-refractivity contribution is 5.96. The fourth-order valence-corrected chi connectivity index (χ4v) is 3.15. The number of nitrogens with one attached hydrogen (secondary N) is 1. The summed E-state index contributed by atoms with van der Waals surface area (Å²) >= 11 is 0. The number of carbonyl (C=O) groups is 1. The second-order valence-electron chi connectivity index (χ2n) is 6.12. The van der Waals surface area contributed by atoms with Gasteiger partial charge in [0.2, 0.25) is 0 Å². The number of nitrogens with zero attached hydrogens (tertiary/aromatic N) is 1. The van der Waals surface area contributed by atoms with Crippen LogP contribution >= 0.6 is 0 Å². The average Bonchev–Trinajstić information content (AvgIpc) is 2.70. The van der Waals surface area contributed by atoms with Crippen molar-refractivity contribution >= 4 is 17.4 Å². The monoisotopic (exact) mass is 392 g/mol. The van der Waals surface area contributed by atoms with Crippen LogP contribution in [-0.2, 0) is 15.8 Å². The molecule has 1 aliphatic rings. The first-order valence-electron chi connectivity index (χ1n) is 8.43. The van der Waals surface area contributed by atoms with Crippen molar-refractivity contribution in [1.82, 2.24) is 5.32 Å². The molecule has 0 aliphatic carbocycles. The molecule has 0 saturated heterocycles. The largest absolute Gasteiger partial charge is 0.496 e. The van der Waals surface area contributed by atoms with Crippen LogP contribution in [0.5, 0.6) is 0 Å². The molecular weight excluding hydrogens is 373 g/mol. The van der Waals surface area contributed by atoms with Crippen molar-refractivity contribution in [3.8, 4) is 0 Å². The van der Waals surface area contributed by atoms with Crippen molar-refractivity contribution in [1.29, 1.82) is 0 Å². The number of rotatable bonds is 4. The maximum absolute atomic E-state index is 12.9. The van der Waals surface area contributed by atoms with E-state index in [0.717, 1.165) is 12.1 Å². The zero-order valence-electron chi connectivity index (χ0n) is 15.5. The number of hydrogen-bond acceptors (Lipinski definition) is 4. The molecule has 0 spiro atoms. The van der Waals surface area contributed by atoms with Crippen LogP contribution in [0.15, 0.2) is 48.5 Å². The summed E-state index contributed by atoms with van der Waals surface area (Å²) in [4.78, 5) is 17.5. The van der Waals surface area contributed by atoms with E-state index < -0.39 is 17.8 Å². The van der Waals surface area contributed by atoms with E-state index in [1.807, 2.05) is 0 Å². The van der Waals surface area contributed by atoms with E-state index in [2.05, 4.69) is 5.32 Å². The summed E-state index contributed by atoms with van der Waals surface area (Å²) in [5, 5.41) is 4.09. The van der Waals surface area contributed by atoms with Crippen molar-refractivity contribution < 1.29 is 27.5 Å². The van der Waals surface area contributed by atoms with Crippen molar-refractivity contribution in [2.45, 2.75) is 12.2 Å². The highest BCUT2D eigenvalue weighted by atomic mass is 19.4. The van der Waals surface area contributed by atoms with Gasteiger partial charge in [0.1, 0.15) is 11.8 Å². The zero-order chi connectivity index (χ0) is 20.5. The first kappa shape index (κ1) is 19.8. The molecule has 1 aliphatic heterocycles. The standard InChI is InChI=1S/C20H19F3N2O3/c1-24-19(26)13-6-9-15-17(10-13)25(28-3)16(11-18(15)27-2)12-4-7-14(8-5-12)20(21,22)23/h4-11,16H,1-3H3,(H,24,26). The first-order valence-corrected chi connectivity index (χ1v) is 8.43. The number of anilines is 1. The number of methoxy groups -OCH3 is 1. The van der Waals surface area contributed by atoms with Crippen molar-refractivity contribution in [2.24, 2.45) is 0 Å². The predicted octanol–water partition coefficient (Wildman–Crippen LogP) is 4.18. The Morgan fingerprint density at radius 3 is 2.32 bits per heavy atom. The molecule has 0 bridgehead atoms. The van der Waals surface area contributed by atoms with Gasteiger partial charge in [-0.1, -0.05) is 12.1 Å². The highest BCUT2D eigenvalue weighted by Gasteiger charge is 2.32. The fourth-order valence-electron chi connectivity index (χ4n) is 3.15. The van der Waals surface area contributed by atoms with Crippen LogP contribution < -0.4 is 10.4 Å². The van der Waals surface area contributed by atoms with E-state index in [0.29, 0.717) is 28.1 Å². The Morgan fingerprint density at radius 1 is 1.11 bits per heavy atom. The third-order valence-corrected chi connectivity index (χ3v) is 4.55. The Morgan fingerprint density at radius 2 is 1.79 bits per heavy atom. The summed E-state index contributed by atoms with van der Waals surface area (Å²) in [5.41, 5.74) is 1.56. The molecule has 28 heavy (non-hydrogen) atoms. The third kappa shape index (κ3) is 3.55.